The normalized spacial score (nSPS) is 9.00. The Hall–Kier alpha value is -0.505. The lowest BCUT2D eigenvalue weighted by Crippen LogP contribution is -2.25. The molecule has 0 N–H and O–H groups in total. The van der Waals surface area contributed by atoms with Crippen molar-refractivity contribution in [2.75, 3.05) is 21.2 Å². The van der Waals surface area contributed by atoms with Gasteiger partial charge in [-0.25, -0.2) is 0 Å². The molecule has 4 heteroatoms. The third kappa shape index (κ3) is 3.68. The molecular formula is C4H9BNO2. The minimum absolute atomic E-state index is 0.324. The molecule has 45 valence electrons. The Labute approximate surface area is 49.9 Å². The number of hydrogen-bond acceptors (Lipinski definition) is 3. The zero-order valence-corrected chi connectivity index (χ0v) is 5.34. The number of nitrogens with zero attached hydrogens (tertiary/aromatic N) is 1. The molecule has 0 aliphatic heterocycles. The van der Waals surface area contributed by atoms with Crippen molar-refractivity contribution in [3.05, 3.63) is 0 Å². The molecule has 0 saturated heterocycles. The molecule has 0 spiro atoms. The van der Waals surface area contributed by atoms with Gasteiger partial charge in [-0.3, -0.25) is 4.79 Å². The van der Waals surface area contributed by atoms with E-state index in [-0.39, 0.29) is 5.87 Å². The van der Waals surface area contributed by atoms with Crippen LogP contribution in [0.1, 0.15) is 0 Å². The first-order valence-corrected chi connectivity index (χ1v) is 2.26. The van der Waals surface area contributed by atoms with Crippen LogP contribution >= 0.6 is 0 Å². The van der Waals surface area contributed by atoms with Gasteiger partial charge in [0.1, 0.15) is 0 Å². The van der Waals surface area contributed by atoms with Gasteiger partial charge in [0.05, 0.1) is 7.11 Å². The molecule has 0 aliphatic rings. The summed E-state index contributed by atoms with van der Waals surface area (Å²) in [6, 6.07) is 0. The monoisotopic (exact) mass is 114 g/mol. The summed E-state index contributed by atoms with van der Waals surface area (Å²) in [5, 5.41) is 0. The zero-order valence-electron chi connectivity index (χ0n) is 5.34. The first-order chi connectivity index (χ1) is 3.66. The fourth-order valence-electron chi connectivity index (χ4n) is 0.264. The minimum atomic E-state index is -0.324. The lowest BCUT2D eigenvalue weighted by molar-refractivity contribution is 0.196. The van der Waals surface area contributed by atoms with Crippen LogP contribution in [0, 0.1) is 0 Å². The molecule has 0 aliphatic carbocycles. The summed E-state index contributed by atoms with van der Waals surface area (Å²) in [5.41, 5.74) is 0. The average Bonchev–Trinajstić information content (AvgIpc) is 1.65. The lowest BCUT2D eigenvalue weighted by Gasteiger charge is -2.03. The Bertz CT molecular complexity index is 84.1. The predicted octanol–water partition coefficient (Wildman–Crippen LogP) is -0.0664. The molecule has 0 aromatic heterocycles. The summed E-state index contributed by atoms with van der Waals surface area (Å²) in [5.74, 6) is -0.324. The smallest absolute Gasteiger partial charge is 0.357 e. The first-order valence-electron chi connectivity index (χ1n) is 2.26. The lowest BCUT2D eigenvalue weighted by atomic mass is 9.94. The molecule has 0 heterocycles. The van der Waals surface area contributed by atoms with Crippen molar-refractivity contribution >= 4 is 13.3 Å². The van der Waals surface area contributed by atoms with Gasteiger partial charge in [-0.1, -0.05) is 0 Å². The Kier molecular flexibility index (Phi) is 3.27. The van der Waals surface area contributed by atoms with Gasteiger partial charge in [0.2, 0.25) is 0 Å². The third-order valence-corrected chi connectivity index (χ3v) is 0.565. The summed E-state index contributed by atoms with van der Waals surface area (Å²) in [6.45, 7) is 0. The van der Waals surface area contributed by atoms with Gasteiger partial charge in [0.15, 0.2) is 0 Å². The third-order valence-electron chi connectivity index (χ3n) is 0.565. The Morgan fingerprint density at radius 2 is 2.12 bits per heavy atom. The SMILES string of the molecule is COC(=O)[B]N(C)C. The van der Waals surface area contributed by atoms with Crippen LogP contribution in [-0.4, -0.2) is 39.3 Å². The molecule has 0 saturated carbocycles. The summed E-state index contributed by atoms with van der Waals surface area (Å²) in [4.78, 5) is 11.9. The Morgan fingerprint density at radius 3 is 2.25 bits per heavy atom. The quantitative estimate of drug-likeness (QED) is 0.470. The molecule has 0 atom stereocenters. The van der Waals surface area contributed by atoms with Gasteiger partial charge in [-0.2, -0.15) is 0 Å². The van der Waals surface area contributed by atoms with E-state index in [1.165, 1.54) is 14.5 Å². The maximum Gasteiger partial charge on any atom is 0.357 e. The van der Waals surface area contributed by atoms with Gasteiger partial charge < -0.3 is 9.55 Å². The van der Waals surface area contributed by atoms with Crippen LogP contribution < -0.4 is 0 Å². The van der Waals surface area contributed by atoms with E-state index in [1.807, 2.05) is 0 Å². The topological polar surface area (TPSA) is 29.5 Å². The average molecular weight is 114 g/mol. The summed E-state index contributed by atoms with van der Waals surface area (Å²) >= 11 is 0. The molecule has 0 bridgehead atoms. The van der Waals surface area contributed by atoms with Gasteiger partial charge >= 0.3 is 7.41 Å². The fourth-order valence-corrected chi connectivity index (χ4v) is 0.264. The molecule has 0 aromatic carbocycles. The van der Waals surface area contributed by atoms with Crippen LogP contribution in [0.2, 0.25) is 0 Å². The second kappa shape index (κ2) is 3.49. The molecule has 1 radical (unpaired) electrons. The van der Waals surface area contributed by atoms with Crippen LogP contribution in [0.3, 0.4) is 0 Å². The van der Waals surface area contributed by atoms with E-state index in [2.05, 4.69) is 4.74 Å². The number of carbonyl (C=O) groups is 1. The highest BCUT2D eigenvalue weighted by molar-refractivity contribution is 6.69. The van der Waals surface area contributed by atoms with Crippen molar-refractivity contribution in [3.63, 3.8) is 0 Å². The number of ether oxygens (including phenoxy) is 1. The van der Waals surface area contributed by atoms with Crippen molar-refractivity contribution in [3.8, 4) is 0 Å². The number of carbonyl (C=O) groups excluding carboxylic acids is 1. The zero-order chi connectivity index (χ0) is 6.57. The van der Waals surface area contributed by atoms with Crippen LogP contribution in [0.25, 0.3) is 0 Å². The van der Waals surface area contributed by atoms with Gasteiger partial charge in [-0.15, -0.1) is 0 Å². The van der Waals surface area contributed by atoms with Crippen molar-refractivity contribution in [2.45, 2.75) is 0 Å². The number of methoxy groups -OCH3 is 1. The van der Waals surface area contributed by atoms with E-state index < -0.39 is 0 Å². The van der Waals surface area contributed by atoms with Crippen LogP contribution in [-0.2, 0) is 4.74 Å². The highest BCUT2D eigenvalue weighted by atomic mass is 16.5. The van der Waals surface area contributed by atoms with Crippen molar-refractivity contribution in [1.82, 2.24) is 4.81 Å². The van der Waals surface area contributed by atoms with E-state index in [0.717, 1.165) is 0 Å². The summed E-state index contributed by atoms with van der Waals surface area (Å²) < 4.78 is 4.32. The number of rotatable bonds is 2. The molecule has 3 nitrogen and oxygen atoms in total. The van der Waals surface area contributed by atoms with E-state index >= 15 is 0 Å². The van der Waals surface area contributed by atoms with Gasteiger partial charge in [-0.05, 0) is 14.1 Å². The van der Waals surface area contributed by atoms with Gasteiger partial charge in [0.25, 0.3) is 5.87 Å². The predicted molar refractivity (Wildman–Crippen MR) is 31.8 cm³/mol. The molecule has 8 heavy (non-hydrogen) atoms. The Morgan fingerprint density at radius 1 is 1.62 bits per heavy atom. The summed E-state index contributed by atoms with van der Waals surface area (Å²) in [7, 11) is 6.23. The van der Waals surface area contributed by atoms with Gasteiger partial charge in [0, 0.05) is 0 Å². The van der Waals surface area contributed by atoms with Crippen molar-refractivity contribution in [2.24, 2.45) is 0 Å². The first kappa shape index (κ1) is 7.49. The molecular weight excluding hydrogens is 105 g/mol. The van der Waals surface area contributed by atoms with Crippen molar-refractivity contribution in [1.29, 1.82) is 0 Å². The molecule has 0 rings (SSSR count). The molecule has 0 fully saturated rings. The maximum absolute atomic E-state index is 10.3. The van der Waals surface area contributed by atoms with Crippen LogP contribution in [0.5, 0.6) is 0 Å². The van der Waals surface area contributed by atoms with E-state index in [9.17, 15) is 4.79 Å². The maximum atomic E-state index is 10.3. The highest BCUT2D eigenvalue weighted by Gasteiger charge is 2.03. The Balaban J connectivity index is 3.25. The highest BCUT2D eigenvalue weighted by Crippen LogP contribution is 1.75. The fraction of sp³-hybridized carbons (Fsp3) is 0.750. The van der Waals surface area contributed by atoms with E-state index in [1.54, 1.807) is 18.9 Å². The largest absolute Gasteiger partial charge is 0.476 e. The second-order valence-corrected chi connectivity index (χ2v) is 1.62. The van der Waals surface area contributed by atoms with Crippen molar-refractivity contribution < 1.29 is 9.53 Å². The molecule has 0 aromatic rings. The molecule has 0 unspecified atom stereocenters. The van der Waals surface area contributed by atoms with E-state index in [4.69, 9.17) is 0 Å². The van der Waals surface area contributed by atoms with Crippen LogP contribution in [0.4, 0.5) is 4.79 Å². The molecule has 0 amide bonds. The standard InChI is InChI=1S/C4H9BNO2/c1-6(2)5-4(7)8-3/h1-3H3. The van der Waals surface area contributed by atoms with E-state index in [0.29, 0.717) is 0 Å². The number of hydrogen-bond donors (Lipinski definition) is 0. The minimum Gasteiger partial charge on any atom is -0.476 e. The summed E-state index contributed by atoms with van der Waals surface area (Å²) in [6.07, 6.45) is 0. The van der Waals surface area contributed by atoms with Crippen LogP contribution in [0.15, 0.2) is 0 Å². The second-order valence-electron chi connectivity index (χ2n) is 1.62.